The smallest absolute Gasteiger partial charge is 0.251 e. The zero-order valence-electron chi connectivity index (χ0n) is 16.2. The SMILES string of the molecule is CCC[C@H]1CCc2c(sc(NC(=O)[C@H]3[C@@H]4CC[C@@H](C4)[C@@H]3C(=O)[O-])c2C(N)=O)C1. The number of thiophene rings is 1. The number of fused-ring (bicyclic) bond motifs is 3. The highest BCUT2D eigenvalue weighted by Gasteiger charge is 2.51. The quantitative estimate of drug-likeness (QED) is 0.757. The first-order chi connectivity index (χ1) is 13.4. The average Bonchev–Trinajstić information content (AvgIpc) is 3.33. The highest BCUT2D eigenvalue weighted by molar-refractivity contribution is 7.17. The van der Waals surface area contributed by atoms with Gasteiger partial charge in [-0.25, -0.2) is 0 Å². The van der Waals surface area contributed by atoms with Crippen LogP contribution in [0.1, 0.15) is 66.2 Å². The number of hydrogen-bond donors (Lipinski definition) is 2. The van der Waals surface area contributed by atoms with Crippen LogP contribution in [0.2, 0.25) is 0 Å². The van der Waals surface area contributed by atoms with Crippen molar-refractivity contribution in [3.8, 4) is 0 Å². The van der Waals surface area contributed by atoms with Gasteiger partial charge in [0.25, 0.3) is 5.91 Å². The maximum absolute atomic E-state index is 13.0. The van der Waals surface area contributed by atoms with Gasteiger partial charge in [0.05, 0.1) is 5.56 Å². The Labute approximate surface area is 168 Å². The number of aliphatic carboxylic acids is 1. The molecule has 28 heavy (non-hydrogen) atoms. The fourth-order valence-corrected chi connectivity index (χ4v) is 7.23. The molecule has 2 bridgehead atoms. The molecule has 5 atom stereocenters. The molecular formula is C21H27N2O4S-. The summed E-state index contributed by atoms with van der Waals surface area (Å²) < 4.78 is 0. The van der Waals surface area contributed by atoms with E-state index in [0.29, 0.717) is 16.5 Å². The van der Waals surface area contributed by atoms with Gasteiger partial charge in [-0.3, -0.25) is 9.59 Å². The van der Waals surface area contributed by atoms with Gasteiger partial charge in [-0.15, -0.1) is 11.3 Å². The molecule has 2 fully saturated rings. The van der Waals surface area contributed by atoms with Crippen LogP contribution in [0.25, 0.3) is 0 Å². The fraction of sp³-hybridized carbons (Fsp3) is 0.667. The molecule has 0 aliphatic heterocycles. The van der Waals surface area contributed by atoms with Gasteiger partial charge in [-0.1, -0.05) is 19.8 Å². The molecule has 2 amide bonds. The van der Waals surface area contributed by atoms with E-state index in [0.717, 1.165) is 61.8 Å². The number of anilines is 1. The van der Waals surface area contributed by atoms with Gasteiger partial charge in [0.15, 0.2) is 0 Å². The van der Waals surface area contributed by atoms with Gasteiger partial charge in [0, 0.05) is 22.7 Å². The largest absolute Gasteiger partial charge is 0.550 e. The Morgan fingerprint density at radius 3 is 2.54 bits per heavy atom. The summed E-state index contributed by atoms with van der Waals surface area (Å²) >= 11 is 1.44. The molecular weight excluding hydrogens is 376 g/mol. The summed E-state index contributed by atoms with van der Waals surface area (Å²) in [5, 5.41) is 15.0. The molecule has 0 unspecified atom stereocenters. The zero-order valence-corrected chi connectivity index (χ0v) is 17.0. The summed E-state index contributed by atoms with van der Waals surface area (Å²) in [5.74, 6) is -2.51. The second-order valence-electron chi connectivity index (χ2n) is 8.66. The summed E-state index contributed by atoms with van der Waals surface area (Å²) in [4.78, 5) is 37.9. The molecule has 152 valence electrons. The number of carbonyl (C=O) groups is 3. The summed E-state index contributed by atoms with van der Waals surface area (Å²) in [5.41, 5.74) is 7.06. The Hall–Kier alpha value is -1.89. The summed E-state index contributed by atoms with van der Waals surface area (Å²) in [6.45, 7) is 2.17. The molecule has 4 rings (SSSR count). The number of nitrogens with one attached hydrogen (secondary N) is 1. The van der Waals surface area contributed by atoms with E-state index in [4.69, 9.17) is 5.73 Å². The normalized spacial score (nSPS) is 30.8. The van der Waals surface area contributed by atoms with Crippen molar-refractivity contribution >= 4 is 34.1 Å². The lowest BCUT2D eigenvalue weighted by atomic mass is 9.78. The van der Waals surface area contributed by atoms with Gasteiger partial charge in [0.1, 0.15) is 5.00 Å². The topological polar surface area (TPSA) is 112 Å². The van der Waals surface area contributed by atoms with E-state index in [1.54, 1.807) is 0 Å². The standard InChI is InChI=1S/C21H28N2O4S/c1-2-3-10-4-7-13-14(8-10)28-20(17(13)18(22)24)23-19(25)15-11-5-6-12(9-11)16(15)21(26)27/h10-12,15-16H,2-9H2,1H3,(H2,22,24)(H,23,25)(H,26,27)/p-1/t10-,11+,12-,15-,16-/m0/s1. The first kappa shape index (κ1) is 19.4. The number of rotatable bonds is 6. The van der Waals surface area contributed by atoms with E-state index in [1.165, 1.54) is 11.3 Å². The van der Waals surface area contributed by atoms with Crippen molar-refractivity contribution in [1.82, 2.24) is 0 Å². The maximum atomic E-state index is 13.0. The van der Waals surface area contributed by atoms with Crippen LogP contribution in [-0.4, -0.2) is 17.8 Å². The molecule has 0 aromatic carbocycles. The van der Waals surface area contributed by atoms with Gasteiger partial charge >= 0.3 is 0 Å². The second-order valence-corrected chi connectivity index (χ2v) is 9.77. The third-order valence-electron chi connectivity index (χ3n) is 7.04. The van der Waals surface area contributed by atoms with E-state index in [2.05, 4.69) is 12.2 Å². The summed E-state index contributed by atoms with van der Waals surface area (Å²) in [6.07, 6.45) is 7.56. The third kappa shape index (κ3) is 3.23. The molecule has 0 saturated heterocycles. The number of carboxylic acid groups (broad SMARTS) is 1. The lowest BCUT2D eigenvalue weighted by Crippen LogP contribution is -2.44. The summed E-state index contributed by atoms with van der Waals surface area (Å²) in [6, 6.07) is 0. The highest BCUT2D eigenvalue weighted by Crippen LogP contribution is 2.52. The minimum atomic E-state index is -1.13. The predicted octanol–water partition coefficient (Wildman–Crippen LogP) is 2.10. The van der Waals surface area contributed by atoms with Gasteiger partial charge in [-0.05, 0) is 61.8 Å². The Morgan fingerprint density at radius 2 is 1.89 bits per heavy atom. The number of primary amides is 1. The van der Waals surface area contributed by atoms with Crippen molar-refractivity contribution in [2.24, 2.45) is 35.3 Å². The van der Waals surface area contributed by atoms with Crippen molar-refractivity contribution in [3.05, 3.63) is 16.0 Å². The Balaban J connectivity index is 1.59. The van der Waals surface area contributed by atoms with Crippen LogP contribution in [0, 0.1) is 29.6 Å². The van der Waals surface area contributed by atoms with Crippen LogP contribution < -0.4 is 16.2 Å². The van der Waals surface area contributed by atoms with Crippen LogP contribution in [0.15, 0.2) is 0 Å². The molecule has 1 aromatic heterocycles. The van der Waals surface area contributed by atoms with E-state index >= 15 is 0 Å². The number of carboxylic acids is 1. The Kier molecular flexibility index (Phi) is 5.21. The third-order valence-corrected chi connectivity index (χ3v) is 8.21. The van der Waals surface area contributed by atoms with Crippen LogP contribution in [-0.2, 0) is 22.4 Å². The molecule has 3 N–H and O–H groups in total. The number of carbonyl (C=O) groups excluding carboxylic acids is 3. The van der Waals surface area contributed by atoms with E-state index in [9.17, 15) is 19.5 Å². The molecule has 7 heteroatoms. The van der Waals surface area contributed by atoms with Crippen molar-refractivity contribution in [3.63, 3.8) is 0 Å². The molecule has 3 aliphatic carbocycles. The average molecular weight is 404 g/mol. The highest BCUT2D eigenvalue weighted by atomic mass is 32.1. The summed E-state index contributed by atoms with van der Waals surface area (Å²) in [7, 11) is 0. The fourth-order valence-electron chi connectivity index (χ4n) is 5.86. The number of hydrogen-bond acceptors (Lipinski definition) is 5. The number of nitrogens with two attached hydrogens (primary N) is 1. The van der Waals surface area contributed by atoms with Crippen LogP contribution in [0.4, 0.5) is 5.00 Å². The molecule has 6 nitrogen and oxygen atoms in total. The maximum Gasteiger partial charge on any atom is 0.251 e. The minimum absolute atomic E-state index is 0.0349. The van der Waals surface area contributed by atoms with Crippen LogP contribution in [0.3, 0.4) is 0 Å². The first-order valence-electron chi connectivity index (χ1n) is 10.4. The van der Waals surface area contributed by atoms with Crippen molar-refractivity contribution in [2.45, 2.75) is 58.3 Å². The van der Waals surface area contributed by atoms with E-state index in [-0.39, 0.29) is 17.7 Å². The lowest BCUT2D eigenvalue weighted by Gasteiger charge is -2.30. The van der Waals surface area contributed by atoms with Crippen molar-refractivity contribution in [1.29, 1.82) is 0 Å². The first-order valence-corrected chi connectivity index (χ1v) is 11.2. The van der Waals surface area contributed by atoms with Crippen molar-refractivity contribution < 1.29 is 19.5 Å². The monoisotopic (exact) mass is 403 g/mol. The molecule has 1 aromatic rings. The number of amides is 2. The molecule has 0 radical (unpaired) electrons. The predicted molar refractivity (Wildman–Crippen MR) is 105 cm³/mol. The van der Waals surface area contributed by atoms with Gasteiger partial charge < -0.3 is 21.0 Å². The van der Waals surface area contributed by atoms with E-state index < -0.39 is 23.7 Å². The van der Waals surface area contributed by atoms with Crippen LogP contribution in [0.5, 0.6) is 0 Å². The minimum Gasteiger partial charge on any atom is -0.550 e. The van der Waals surface area contributed by atoms with E-state index in [1.807, 2.05) is 0 Å². The lowest BCUT2D eigenvalue weighted by molar-refractivity contribution is -0.314. The zero-order chi connectivity index (χ0) is 20.0. The Bertz CT molecular complexity index is 818. The molecule has 2 saturated carbocycles. The van der Waals surface area contributed by atoms with Gasteiger partial charge in [0.2, 0.25) is 5.91 Å². The second kappa shape index (κ2) is 7.50. The van der Waals surface area contributed by atoms with Crippen molar-refractivity contribution in [2.75, 3.05) is 5.32 Å². The Morgan fingerprint density at radius 1 is 1.18 bits per heavy atom. The molecule has 0 spiro atoms. The van der Waals surface area contributed by atoms with Crippen LogP contribution >= 0.6 is 11.3 Å². The molecule has 1 heterocycles. The van der Waals surface area contributed by atoms with Gasteiger partial charge in [-0.2, -0.15) is 0 Å². The molecule has 3 aliphatic rings.